The van der Waals surface area contributed by atoms with Crippen molar-refractivity contribution >= 4 is 17.0 Å². The fraction of sp³-hybridized carbons (Fsp3) is 0.471. The lowest BCUT2D eigenvalue weighted by Gasteiger charge is -2.22. The van der Waals surface area contributed by atoms with Gasteiger partial charge in [-0.25, -0.2) is 4.98 Å². The van der Waals surface area contributed by atoms with Crippen molar-refractivity contribution in [3.63, 3.8) is 0 Å². The number of benzene rings is 1. The van der Waals surface area contributed by atoms with Gasteiger partial charge in [0.05, 0.1) is 11.2 Å². The summed E-state index contributed by atoms with van der Waals surface area (Å²) in [4.78, 5) is 6.97. The van der Waals surface area contributed by atoms with Crippen molar-refractivity contribution in [2.24, 2.45) is 0 Å². The molecule has 0 spiro atoms. The monoisotopic (exact) mass is 299 g/mol. The maximum Gasteiger partial charge on any atom is 0.0811 e. The van der Waals surface area contributed by atoms with E-state index in [9.17, 15) is 0 Å². The highest BCUT2D eigenvalue weighted by Crippen LogP contribution is 2.38. The second kappa shape index (κ2) is 5.43. The van der Waals surface area contributed by atoms with Gasteiger partial charge in [0.2, 0.25) is 0 Å². The van der Waals surface area contributed by atoms with Gasteiger partial charge >= 0.3 is 0 Å². The summed E-state index contributed by atoms with van der Waals surface area (Å²) in [6.45, 7) is 2.34. The largest absolute Gasteiger partial charge is 0.384 e. The van der Waals surface area contributed by atoms with Crippen molar-refractivity contribution in [3.8, 4) is 11.3 Å². The van der Waals surface area contributed by atoms with Crippen LogP contribution in [0.1, 0.15) is 30.7 Å². The van der Waals surface area contributed by atoms with Gasteiger partial charge in [-0.1, -0.05) is 6.07 Å². The highest BCUT2D eigenvalue weighted by molar-refractivity contribution is 7.07. The zero-order valence-corrected chi connectivity index (χ0v) is 13.2. The molecule has 4 heteroatoms. The average Bonchev–Trinajstić information content (AvgIpc) is 3.22. The fourth-order valence-corrected chi connectivity index (χ4v) is 4.30. The van der Waals surface area contributed by atoms with Gasteiger partial charge in [0.25, 0.3) is 0 Å². The summed E-state index contributed by atoms with van der Waals surface area (Å²) < 4.78 is 0. The minimum absolute atomic E-state index is 0.643. The lowest BCUT2D eigenvalue weighted by molar-refractivity contribution is 0.285. The first-order chi connectivity index (χ1) is 10.3. The van der Waals surface area contributed by atoms with Crippen LogP contribution in [0.2, 0.25) is 0 Å². The lowest BCUT2D eigenvalue weighted by atomic mass is 9.91. The molecule has 0 aliphatic carbocycles. The molecule has 1 unspecified atom stereocenters. The minimum Gasteiger partial charge on any atom is -0.384 e. The number of thiazole rings is 1. The van der Waals surface area contributed by atoms with Gasteiger partial charge in [0.15, 0.2) is 0 Å². The van der Waals surface area contributed by atoms with E-state index in [2.05, 4.69) is 45.8 Å². The van der Waals surface area contributed by atoms with Crippen molar-refractivity contribution in [2.75, 3.05) is 25.5 Å². The molecular formula is C17H21N3S. The Labute approximate surface area is 130 Å². The van der Waals surface area contributed by atoms with E-state index in [0.717, 1.165) is 18.3 Å². The quantitative estimate of drug-likeness (QED) is 0.934. The predicted molar refractivity (Wildman–Crippen MR) is 89.0 cm³/mol. The Morgan fingerprint density at radius 3 is 3.14 bits per heavy atom. The Hall–Kier alpha value is -1.39. The molecule has 21 heavy (non-hydrogen) atoms. The third-order valence-electron chi connectivity index (χ3n) is 4.99. The normalized spacial score (nSPS) is 25.0. The first kappa shape index (κ1) is 13.3. The number of nitrogens with zero attached hydrogens (tertiary/aromatic N) is 2. The SMILES string of the molecule is CN1CCC[C@@H]1CC1CNc2ccc(-c3cscn3)cc21. The first-order valence-electron chi connectivity index (χ1n) is 7.78. The number of likely N-dealkylation sites (tertiary alicyclic amines) is 1. The van der Waals surface area contributed by atoms with Crippen molar-refractivity contribution in [1.29, 1.82) is 0 Å². The van der Waals surface area contributed by atoms with Crippen molar-refractivity contribution in [3.05, 3.63) is 34.7 Å². The number of aromatic nitrogens is 1. The summed E-state index contributed by atoms with van der Waals surface area (Å²) in [7, 11) is 2.27. The van der Waals surface area contributed by atoms with Crippen molar-refractivity contribution in [2.45, 2.75) is 31.2 Å². The van der Waals surface area contributed by atoms with E-state index in [1.54, 1.807) is 11.3 Å². The molecule has 1 aromatic carbocycles. The summed E-state index contributed by atoms with van der Waals surface area (Å²) in [5, 5.41) is 5.70. The molecule has 2 aliphatic rings. The van der Waals surface area contributed by atoms with Crippen LogP contribution in [0.4, 0.5) is 5.69 Å². The van der Waals surface area contributed by atoms with Gasteiger partial charge < -0.3 is 10.2 Å². The van der Waals surface area contributed by atoms with Crippen molar-refractivity contribution in [1.82, 2.24) is 9.88 Å². The Morgan fingerprint density at radius 2 is 2.38 bits per heavy atom. The van der Waals surface area contributed by atoms with Gasteiger partial charge in [-0.3, -0.25) is 0 Å². The molecule has 0 amide bonds. The van der Waals surface area contributed by atoms with Crippen LogP contribution >= 0.6 is 11.3 Å². The molecular weight excluding hydrogens is 278 g/mol. The number of hydrogen-bond donors (Lipinski definition) is 1. The van der Waals surface area contributed by atoms with E-state index in [1.807, 2.05) is 5.51 Å². The third-order valence-corrected chi connectivity index (χ3v) is 5.57. The summed E-state index contributed by atoms with van der Waals surface area (Å²) in [6.07, 6.45) is 3.98. The average molecular weight is 299 g/mol. The summed E-state index contributed by atoms with van der Waals surface area (Å²) >= 11 is 1.66. The Bertz CT molecular complexity index is 623. The first-order valence-corrected chi connectivity index (χ1v) is 8.72. The topological polar surface area (TPSA) is 28.2 Å². The molecule has 1 N–H and O–H groups in total. The minimum atomic E-state index is 0.643. The van der Waals surface area contributed by atoms with E-state index in [4.69, 9.17) is 0 Å². The van der Waals surface area contributed by atoms with E-state index in [-0.39, 0.29) is 0 Å². The Morgan fingerprint density at radius 1 is 1.43 bits per heavy atom. The Balaban J connectivity index is 1.59. The van der Waals surface area contributed by atoms with Crippen LogP contribution in [0.25, 0.3) is 11.3 Å². The van der Waals surface area contributed by atoms with Crippen LogP contribution in [0.5, 0.6) is 0 Å². The highest BCUT2D eigenvalue weighted by Gasteiger charge is 2.29. The maximum absolute atomic E-state index is 4.44. The molecule has 3 heterocycles. The molecule has 0 bridgehead atoms. The van der Waals surface area contributed by atoms with Crippen LogP contribution in [0.3, 0.4) is 0 Å². The van der Waals surface area contributed by atoms with Gasteiger partial charge in [-0.05, 0) is 50.6 Å². The number of rotatable bonds is 3. The van der Waals surface area contributed by atoms with E-state index >= 15 is 0 Å². The maximum atomic E-state index is 4.44. The zero-order chi connectivity index (χ0) is 14.2. The number of nitrogens with one attached hydrogen (secondary N) is 1. The second-order valence-corrected chi connectivity index (χ2v) is 6.98. The second-order valence-electron chi connectivity index (χ2n) is 6.27. The van der Waals surface area contributed by atoms with Gasteiger partial charge in [0, 0.05) is 35.1 Å². The molecule has 110 valence electrons. The van der Waals surface area contributed by atoms with Crippen LogP contribution in [0, 0.1) is 0 Å². The molecule has 2 atom stereocenters. The van der Waals surface area contributed by atoms with Crippen LogP contribution in [-0.2, 0) is 0 Å². The van der Waals surface area contributed by atoms with Crippen LogP contribution in [-0.4, -0.2) is 36.1 Å². The summed E-state index contributed by atoms with van der Waals surface area (Å²) in [5.41, 5.74) is 7.07. The molecule has 4 rings (SSSR count). The number of fused-ring (bicyclic) bond motifs is 1. The molecule has 0 saturated carbocycles. The van der Waals surface area contributed by atoms with E-state index in [0.29, 0.717) is 5.92 Å². The zero-order valence-electron chi connectivity index (χ0n) is 12.4. The molecule has 1 saturated heterocycles. The lowest BCUT2D eigenvalue weighted by Crippen LogP contribution is -2.27. The van der Waals surface area contributed by atoms with Crippen LogP contribution in [0.15, 0.2) is 29.1 Å². The molecule has 1 aromatic heterocycles. The molecule has 2 aromatic rings. The predicted octanol–water partition coefficient (Wildman–Crippen LogP) is 3.80. The van der Waals surface area contributed by atoms with Gasteiger partial charge in [-0.15, -0.1) is 11.3 Å². The summed E-state index contributed by atoms with van der Waals surface area (Å²) in [5.74, 6) is 0.643. The van der Waals surface area contributed by atoms with Gasteiger partial charge in [-0.2, -0.15) is 0 Å². The van der Waals surface area contributed by atoms with Crippen molar-refractivity contribution < 1.29 is 0 Å². The molecule has 0 radical (unpaired) electrons. The highest BCUT2D eigenvalue weighted by atomic mass is 32.1. The smallest absolute Gasteiger partial charge is 0.0811 e. The number of anilines is 1. The fourth-order valence-electron chi connectivity index (χ4n) is 3.73. The van der Waals surface area contributed by atoms with E-state index in [1.165, 1.54) is 42.6 Å². The molecule has 3 nitrogen and oxygen atoms in total. The summed E-state index contributed by atoms with van der Waals surface area (Å²) in [6, 6.07) is 7.52. The van der Waals surface area contributed by atoms with E-state index < -0.39 is 0 Å². The number of hydrogen-bond acceptors (Lipinski definition) is 4. The molecule has 1 fully saturated rings. The van der Waals surface area contributed by atoms with Gasteiger partial charge in [0.1, 0.15) is 0 Å². The Kier molecular flexibility index (Phi) is 3.43. The van der Waals surface area contributed by atoms with Crippen LogP contribution < -0.4 is 5.32 Å². The molecule has 2 aliphatic heterocycles. The third kappa shape index (κ3) is 2.47. The standard InChI is InChI=1S/C17H21N3S/c1-20-6-2-3-14(20)7-13-9-18-16-5-4-12(8-15(13)16)17-10-21-11-19-17/h4-5,8,10-11,13-14,18H,2-3,6-7,9H2,1H3/t13?,14-/m1/s1.